The van der Waals surface area contributed by atoms with Gasteiger partial charge >= 0.3 is 0 Å². The van der Waals surface area contributed by atoms with E-state index in [1.165, 1.54) is 19.4 Å². The van der Waals surface area contributed by atoms with Gasteiger partial charge in [0.1, 0.15) is 0 Å². The molecular formula is C18H27N3OS. The van der Waals surface area contributed by atoms with Crippen LogP contribution < -0.4 is 4.72 Å². The van der Waals surface area contributed by atoms with Crippen LogP contribution in [0.2, 0.25) is 0 Å². The Kier molecular flexibility index (Phi) is 5.49. The number of nitrogens with one attached hydrogen (secondary N) is 1. The maximum atomic E-state index is 12.8. The summed E-state index contributed by atoms with van der Waals surface area (Å²) in [6.45, 7) is 8.37. The van der Waals surface area contributed by atoms with E-state index in [9.17, 15) is 4.79 Å². The minimum atomic E-state index is 0.165. The summed E-state index contributed by atoms with van der Waals surface area (Å²) >= 11 is 1.66. The fourth-order valence-electron chi connectivity index (χ4n) is 3.17. The minimum absolute atomic E-state index is 0.165. The first kappa shape index (κ1) is 16.7. The van der Waals surface area contributed by atoms with Crippen LogP contribution in [0.5, 0.6) is 0 Å². The quantitative estimate of drug-likeness (QED) is 0.810. The molecule has 0 spiro atoms. The van der Waals surface area contributed by atoms with E-state index in [1.807, 2.05) is 29.2 Å². The summed E-state index contributed by atoms with van der Waals surface area (Å²) in [6.07, 6.45) is 2.79. The molecule has 1 aliphatic heterocycles. The van der Waals surface area contributed by atoms with Gasteiger partial charge in [0.05, 0.1) is 0 Å². The van der Waals surface area contributed by atoms with Gasteiger partial charge in [0.25, 0.3) is 5.91 Å². The van der Waals surface area contributed by atoms with Crippen molar-refractivity contribution in [3.63, 3.8) is 0 Å². The molecule has 1 aromatic rings. The van der Waals surface area contributed by atoms with Crippen molar-refractivity contribution < 1.29 is 4.79 Å². The van der Waals surface area contributed by atoms with Gasteiger partial charge in [-0.3, -0.25) is 9.69 Å². The second kappa shape index (κ2) is 7.58. The number of hydrogen-bond acceptors (Lipinski definition) is 4. The lowest BCUT2D eigenvalue weighted by Crippen LogP contribution is -2.54. The Morgan fingerprint density at radius 3 is 2.61 bits per heavy atom. The molecule has 1 N–H and O–H groups in total. The van der Waals surface area contributed by atoms with E-state index in [4.69, 9.17) is 0 Å². The number of amides is 1. The van der Waals surface area contributed by atoms with Crippen LogP contribution in [0.25, 0.3) is 0 Å². The van der Waals surface area contributed by atoms with Crippen molar-refractivity contribution in [2.75, 3.05) is 36.7 Å². The first-order chi connectivity index (χ1) is 11.2. The van der Waals surface area contributed by atoms with E-state index in [1.54, 1.807) is 11.9 Å². The van der Waals surface area contributed by atoms with Gasteiger partial charge in [0, 0.05) is 49.2 Å². The summed E-state index contributed by atoms with van der Waals surface area (Å²) in [5.74, 6) is 2.10. The molecule has 1 saturated heterocycles. The predicted molar refractivity (Wildman–Crippen MR) is 97.9 cm³/mol. The summed E-state index contributed by atoms with van der Waals surface area (Å²) in [6, 6.07) is 8.14. The Balaban J connectivity index is 1.56. The molecule has 1 unspecified atom stereocenters. The lowest BCUT2D eigenvalue weighted by atomic mass is 10.1. The zero-order valence-corrected chi connectivity index (χ0v) is 14.9. The van der Waals surface area contributed by atoms with E-state index in [0.29, 0.717) is 6.04 Å². The van der Waals surface area contributed by atoms with Gasteiger partial charge in [-0.25, -0.2) is 0 Å². The van der Waals surface area contributed by atoms with Gasteiger partial charge in [-0.05, 0) is 49.9 Å². The summed E-state index contributed by atoms with van der Waals surface area (Å²) in [5, 5.41) is 0. The van der Waals surface area contributed by atoms with Crippen molar-refractivity contribution in [1.82, 2.24) is 9.80 Å². The molecule has 1 amide bonds. The number of piperazine rings is 1. The smallest absolute Gasteiger partial charge is 0.254 e. The summed E-state index contributed by atoms with van der Waals surface area (Å²) < 4.78 is 3.26. The molecule has 1 aliphatic carbocycles. The number of hydrogen-bond donors (Lipinski definition) is 1. The van der Waals surface area contributed by atoms with E-state index in [2.05, 4.69) is 23.5 Å². The van der Waals surface area contributed by atoms with Crippen molar-refractivity contribution in [1.29, 1.82) is 0 Å². The van der Waals surface area contributed by atoms with Crippen molar-refractivity contribution in [3.8, 4) is 0 Å². The molecule has 23 heavy (non-hydrogen) atoms. The molecule has 2 aliphatic rings. The van der Waals surface area contributed by atoms with Gasteiger partial charge in [-0.2, -0.15) is 0 Å². The highest BCUT2D eigenvalue weighted by atomic mass is 32.2. The highest BCUT2D eigenvalue weighted by Crippen LogP contribution is 2.30. The van der Waals surface area contributed by atoms with Gasteiger partial charge in [-0.15, -0.1) is 0 Å². The highest BCUT2D eigenvalue weighted by molar-refractivity contribution is 8.00. The molecule has 4 nitrogen and oxygen atoms in total. The number of carbonyl (C=O) groups is 1. The van der Waals surface area contributed by atoms with Gasteiger partial charge in [0.15, 0.2) is 0 Å². The third kappa shape index (κ3) is 4.42. The molecular weight excluding hydrogens is 306 g/mol. The Morgan fingerprint density at radius 2 is 2.00 bits per heavy atom. The summed E-state index contributed by atoms with van der Waals surface area (Å²) in [5.41, 5.74) is 1.84. The molecule has 3 rings (SSSR count). The Labute approximate surface area is 143 Å². The normalized spacial score (nSPS) is 22.2. The van der Waals surface area contributed by atoms with Crippen LogP contribution in [-0.4, -0.2) is 53.7 Å². The second-order valence-electron chi connectivity index (χ2n) is 6.66. The molecule has 2 fully saturated rings. The van der Waals surface area contributed by atoms with Crippen molar-refractivity contribution in [3.05, 3.63) is 29.8 Å². The van der Waals surface area contributed by atoms with Gasteiger partial charge in [-0.1, -0.05) is 18.9 Å². The van der Waals surface area contributed by atoms with E-state index < -0.39 is 0 Å². The van der Waals surface area contributed by atoms with Crippen LogP contribution in [0, 0.1) is 5.92 Å². The van der Waals surface area contributed by atoms with Crippen molar-refractivity contribution in [2.45, 2.75) is 32.7 Å². The maximum Gasteiger partial charge on any atom is 0.254 e. The first-order valence-electron chi connectivity index (χ1n) is 8.68. The zero-order chi connectivity index (χ0) is 16.2. The second-order valence-corrected chi connectivity index (χ2v) is 7.73. The van der Waals surface area contributed by atoms with Crippen LogP contribution in [0.15, 0.2) is 24.3 Å². The predicted octanol–water partition coefficient (Wildman–Crippen LogP) is 3.32. The van der Waals surface area contributed by atoms with Crippen molar-refractivity contribution >= 4 is 23.5 Å². The first-order valence-corrected chi connectivity index (χ1v) is 9.67. The molecule has 0 bridgehead atoms. The number of nitrogens with zero attached hydrogens (tertiary/aromatic N) is 2. The molecule has 1 saturated carbocycles. The Hall–Kier alpha value is -1.20. The van der Waals surface area contributed by atoms with Crippen LogP contribution >= 0.6 is 11.9 Å². The molecule has 0 radical (unpaired) electrons. The van der Waals surface area contributed by atoms with Gasteiger partial charge < -0.3 is 9.62 Å². The lowest BCUT2D eigenvalue weighted by Gasteiger charge is -2.40. The Bertz CT molecular complexity index is 530. The molecule has 126 valence electrons. The minimum Gasteiger partial charge on any atom is -0.333 e. The average molecular weight is 334 g/mol. The van der Waals surface area contributed by atoms with Crippen LogP contribution in [0.4, 0.5) is 5.69 Å². The zero-order valence-electron chi connectivity index (χ0n) is 14.1. The maximum absolute atomic E-state index is 12.8. The summed E-state index contributed by atoms with van der Waals surface area (Å²) in [4.78, 5) is 17.3. The van der Waals surface area contributed by atoms with Crippen LogP contribution in [0.3, 0.4) is 0 Å². The molecule has 1 atom stereocenters. The SMILES string of the molecule is CCSNc1ccc(C(=O)N2CCN(CC3CC3)CC2C)cc1. The largest absolute Gasteiger partial charge is 0.333 e. The third-order valence-electron chi connectivity index (χ3n) is 4.65. The number of carbonyl (C=O) groups excluding carboxylic acids is 1. The molecule has 5 heteroatoms. The fourth-order valence-corrected chi connectivity index (χ4v) is 3.62. The molecule has 1 aromatic carbocycles. The van der Waals surface area contributed by atoms with Crippen molar-refractivity contribution in [2.24, 2.45) is 5.92 Å². The van der Waals surface area contributed by atoms with Crippen LogP contribution in [-0.2, 0) is 0 Å². The van der Waals surface area contributed by atoms with Gasteiger partial charge in [0.2, 0.25) is 0 Å². The Morgan fingerprint density at radius 1 is 1.26 bits per heavy atom. The molecule has 1 heterocycles. The van der Waals surface area contributed by atoms with E-state index in [-0.39, 0.29) is 5.91 Å². The average Bonchev–Trinajstić information content (AvgIpc) is 3.37. The third-order valence-corrected chi connectivity index (χ3v) is 5.32. The van der Waals surface area contributed by atoms with E-state index >= 15 is 0 Å². The number of benzene rings is 1. The monoisotopic (exact) mass is 333 g/mol. The highest BCUT2D eigenvalue weighted by Gasteiger charge is 2.31. The number of rotatable bonds is 6. The van der Waals surface area contributed by atoms with E-state index in [0.717, 1.165) is 42.6 Å². The lowest BCUT2D eigenvalue weighted by molar-refractivity contribution is 0.0482. The summed E-state index contributed by atoms with van der Waals surface area (Å²) in [7, 11) is 0. The molecule has 0 aromatic heterocycles. The standard InChI is InChI=1S/C18H27N3OS/c1-3-23-19-17-8-6-16(7-9-17)18(22)21-11-10-20(12-14(21)2)13-15-4-5-15/h6-9,14-15,19H,3-5,10-13H2,1-2H3. The fraction of sp³-hybridized carbons (Fsp3) is 0.611. The van der Waals surface area contributed by atoms with Crippen LogP contribution in [0.1, 0.15) is 37.0 Å². The number of anilines is 1. The topological polar surface area (TPSA) is 35.6 Å².